The van der Waals surface area contributed by atoms with E-state index >= 15 is 0 Å². The third-order valence-corrected chi connectivity index (χ3v) is 5.25. The van der Waals surface area contributed by atoms with E-state index in [0.717, 1.165) is 0 Å². The van der Waals surface area contributed by atoms with Gasteiger partial charge in [-0.05, 0) is 86.5 Å². The van der Waals surface area contributed by atoms with Crippen molar-refractivity contribution in [2.75, 3.05) is 7.05 Å². The minimum Gasteiger partial charge on any atom is -0.309 e. The van der Waals surface area contributed by atoms with Crippen LogP contribution in [0.1, 0.15) is 44.3 Å². The number of benzene rings is 1. The molecule has 0 aliphatic heterocycles. The van der Waals surface area contributed by atoms with E-state index in [4.69, 9.17) is 0 Å². The van der Waals surface area contributed by atoms with Gasteiger partial charge in [0.15, 0.2) is 0 Å². The van der Waals surface area contributed by atoms with Crippen molar-refractivity contribution in [1.29, 1.82) is 0 Å². The predicted molar refractivity (Wildman–Crippen MR) is 85.3 cm³/mol. The molecule has 0 radical (unpaired) electrons. The number of rotatable bonds is 3. The fraction of sp³-hybridized carbons (Fsp3) is 0.412. The Kier molecular flexibility index (Phi) is 4.12. The summed E-state index contributed by atoms with van der Waals surface area (Å²) in [7, 11) is 2.06. The van der Waals surface area contributed by atoms with Gasteiger partial charge in [0, 0.05) is 4.88 Å². The fourth-order valence-electron chi connectivity index (χ4n) is 2.77. The second kappa shape index (κ2) is 5.48. The number of thiophene rings is 1. The molecule has 0 aliphatic rings. The molecule has 1 aromatic heterocycles. The molecule has 2 heteroatoms. The summed E-state index contributed by atoms with van der Waals surface area (Å²) >= 11 is 1.84. The molecule has 1 N–H and O–H groups in total. The van der Waals surface area contributed by atoms with Crippen LogP contribution in [0.25, 0.3) is 0 Å². The highest BCUT2D eigenvalue weighted by Gasteiger charge is 2.21. The Morgan fingerprint density at radius 3 is 1.95 bits per heavy atom. The van der Waals surface area contributed by atoms with Crippen molar-refractivity contribution in [3.63, 3.8) is 0 Å². The maximum Gasteiger partial charge on any atom is 0.0676 e. The second-order valence-electron chi connectivity index (χ2n) is 5.36. The molecule has 1 atom stereocenters. The van der Waals surface area contributed by atoms with Crippen LogP contribution >= 0.6 is 11.3 Å². The van der Waals surface area contributed by atoms with Crippen molar-refractivity contribution < 1.29 is 0 Å². The Bertz CT molecular complexity index is 569. The zero-order chi connectivity index (χ0) is 14.2. The lowest BCUT2D eigenvalue weighted by molar-refractivity contribution is 0.689. The van der Waals surface area contributed by atoms with E-state index in [1.807, 2.05) is 11.3 Å². The molecule has 2 aromatic rings. The molecular formula is C17H23NS. The minimum atomic E-state index is 0.304. The summed E-state index contributed by atoms with van der Waals surface area (Å²) in [6.45, 7) is 11.1. The summed E-state index contributed by atoms with van der Waals surface area (Å²) in [4.78, 5) is 1.43. The molecule has 0 amide bonds. The minimum absolute atomic E-state index is 0.304. The average Bonchev–Trinajstić information content (AvgIpc) is 2.78. The van der Waals surface area contributed by atoms with Crippen LogP contribution in [0.5, 0.6) is 0 Å². The third kappa shape index (κ3) is 2.47. The molecule has 19 heavy (non-hydrogen) atoms. The lowest BCUT2D eigenvalue weighted by atomic mass is 9.88. The molecule has 2 rings (SSSR count). The maximum absolute atomic E-state index is 3.51. The maximum atomic E-state index is 3.51. The molecule has 1 aromatic carbocycles. The lowest BCUT2D eigenvalue weighted by Crippen LogP contribution is -2.20. The smallest absolute Gasteiger partial charge is 0.0676 e. The van der Waals surface area contributed by atoms with Crippen molar-refractivity contribution >= 4 is 11.3 Å². The molecule has 1 nitrogen and oxygen atoms in total. The number of hydrogen-bond acceptors (Lipinski definition) is 2. The van der Waals surface area contributed by atoms with Gasteiger partial charge in [0.1, 0.15) is 0 Å². The van der Waals surface area contributed by atoms with Crippen molar-refractivity contribution in [3.8, 4) is 0 Å². The molecule has 0 aliphatic carbocycles. The van der Waals surface area contributed by atoms with E-state index in [1.54, 1.807) is 0 Å². The van der Waals surface area contributed by atoms with E-state index in [1.165, 1.54) is 38.3 Å². The van der Waals surface area contributed by atoms with Gasteiger partial charge in [-0.3, -0.25) is 0 Å². The molecule has 0 fully saturated rings. The van der Waals surface area contributed by atoms with Crippen molar-refractivity contribution in [1.82, 2.24) is 5.32 Å². The van der Waals surface area contributed by atoms with Crippen LogP contribution in [-0.2, 0) is 0 Å². The van der Waals surface area contributed by atoms with Crippen LogP contribution in [-0.4, -0.2) is 7.05 Å². The van der Waals surface area contributed by atoms with Crippen LogP contribution in [0.15, 0.2) is 17.5 Å². The van der Waals surface area contributed by atoms with Gasteiger partial charge >= 0.3 is 0 Å². The zero-order valence-corrected chi connectivity index (χ0v) is 13.5. The molecule has 102 valence electrons. The highest BCUT2D eigenvalue weighted by molar-refractivity contribution is 7.10. The molecule has 0 bridgehead atoms. The van der Waals surface area contributed by atoms with Gasteiger partial charge in [0.25, 0.3) is 0 Å². The predicted octanol–water partition coefficient (Wildman–Crippen LogP) is 4.60. The first-order valence-electron chi connectivity index (χ1n) is 6.76. The lowest BCUT2D eigenvalue weighted by Gasteiger charge is -2.24. The van der Waals surface area contributed by atoms with E-state index in [-0.39, 0.29) is 0 Å². The van der Waals surface area contributed by atoms with Gasteiger partial charge in [-0.15, -0.1) is 11.3 Å². The Labute approximate surface area is 120 Å². The first kappa shape index (κ1) is 14.3. The van der Waals surface area contributed by atoms with Gasteiger partial charge in [0.2, 0.25) is 0 Å². The van der Waals surface area contributed by atoms with Crippen LogP contribution in [0.2, 0.25) is 0 Å². The van der Waals surface area contributed by atoms with Gasteiger partial charge in [-0.2, -0.15) is 0 Å². The van der Waals surface area contributed by atoms with E-state index in [0.29, 0.717) is 6.04 Å². The molecule has 0 spiro atoms. The number of aryl methyl sites for hydroxylation is 3. The Morgan fingerprint density at radius 1 is 0.947 bits per heavy atom. The first-order valence-corrected chi connectivity index (χ1v) is 7.63. The quantitative estimate of drug-likeness (QED) is 0.862. The Balaban J connectivity index is 2.66. The number of nitrogens with one attached hydrogen (secondary N) is 1. The van der Waals surface area contributed by atoms with Gasteiger partial charge in [-0.25, -0.2) is 0 Å². The fourth-order valence-corrected chi connectivity index (χ4v) is 3.81. The topological polar surface area (TPSA) is 12.0 Å². The normalized spacial score (nSPS) is 12.7. The summed E-state index contributed by atoms with van der Waals surface area (Å²) in [5.74, 6) is 0. The number of hydrogen-bond donors (Lipinski definition) is 1. The van der Waals surface area contributed by atoms with E-state index in [9.17, 15) is 0 Å². The molecule has 0 saturated carbocycles. The van der Waals surface area contributed by atoms with Crippen molar-refractivity contribution in [2.45, 2.75) is 40.7 Å². The molecule has 0 saturated heterocycles. The molecule has 1 heterocycles. The summed E-state index contributed by atoms with van der Waals surface area (Å²) in [6.07, 6.45) is 0. The van der Waals surface area contributed by atoms with Gasteiger partial charge < -0.3 is 5.32 Å². The SMILES string of the molecule is CNC(c1sccc1C)c1c(C)c(C)cc(C)c1C. The van der Waals surface area contributed by atoms with Crippen LogP contribution in [0.4, 0.5) is 0 Å². The second-order valence-corrected chi connectivity index (χ2v) is 6.31. The van der Waals surface area contributed by atoms with Gasteiger partial charge in [-0.1, -0.05) is 6.07 Å². The first-order chi connectivity index (χ1) is 8.97. The van der Waals surface area contributed by atoms with E-state index < -0.39 is 0 Å². The van der Waals surface area contributed by atoms with Gasteiger partial charge in [0.05, 0.1) is 6.04 Å². The van der Waals surface area contributed by atoms with Crippen LogP contribution in [0.3, 0.4) is 0 Å². The highest BCUT2D eigenvalue weighted by atomic mass is 32.1. The average molecular weight is 273 g/mol. The molecule has 1 unspecified atom stereocenters. The standard InChI is InChI=1S/C17H23NS/c1-10-7-8-19-17(10)16(18-6)15-13(4)11(2)9-12(3)14(15)5/h7-9,16,18H,1-6H3. The summed E-state index contributed by atoms with van der Waals surface area (Å²) in [6, 6.07) is 4.80. The molecular weight excluding hydrogens is 250 g/mol. The highest BCUT2D eigenvalue weighted by Crippen LogP contribution is 2.35. The zero-order valence-electron chi connectivity index (χ0n) is 12.7. The summed E-state index contributed by atoms with van der Waals surface area (Å²) < 4.78 is 0. The Morgan fingerprint density at radius 2 is 1.53 bits per heavy atom. The monoisotopic (exact) mass is 273 g/mol. The van der Waals surface area contributed by atoms with Crippen molar-refractivity contribution in [2.24, 2.45) is 0 Å². The third-order valence-electron chi connectivity index (χ3n) is 4.17. The summed E-state index contributed by atoms with van der Waals surface area (Å²) in [5, 5.41) is 5.69. The summed E-state index contributed by atoms with van der Waals surface area (Å²) in [5.41, 5.74) is 8.42. The van der Waals surface area contributed by atoms with Crippen molar-refractivity contribution in [3.05, 3.63) is 55.8 Å². The van der Waals surface area contributed by atoms with Crippen LogP contribution in [0, 0.1) is 34.6 Å². The van der Waals surface area contributed by atoms with E-state index in [2.05, 4.69) is 64.5 Å². The van der Waals surface area contributed by atoms with Crippen LogP contribution < -0.4 is 5.32 Å². The largest absolute Gasteiger partial charge is 0.309 e. The Hall–Kier alpha value is -1.12.